The maximum atomic E-state index is 11.9. The average molecular weight is 278 g/mol. The Morgan fingerprint density at radius 3 is 2.50 bits per heavy atom. The molecule has 0 spiro atoms. The molecule has 20 heavy (non-hydrogen) atoms. The Kier molecular flexibility index (Phi) is 4.62. The third kappa shape index (κ3) is 3.95. The van der Waals surface area contributed by atoms with Crippen LogP contribution in [0.3, 0.4) is 0 Å². The molecule has 0 saturated heterocycles. The van der Waals surface area contributed by atoms with E-state index in [1.54, 1.807) is 24.3 Å². The van der Waals surface area contributed by atoms with Crippen LogP contribution >= 0.6 is 0 Å². The SMILES string of the molecule is N[C@@H](Cc1ccc(O)cc1)C(=O)NCC1(O)CCCC1. The average Bonchev–Trinajstić information content (AvgIpc) is 2.86. The summed E-state index contributed by atoms with van der Waals surface area (Å²) in [6.07, 6.45) is 3.89. The number of carbonyl (C=O) groups is 1. The molecule has 110 valence electrons. The summed E-state index contributed by atoms with van der Waals surface area (Å²) in [6.45, 7) is 0.273. The molecule has 0 unspecified atom stereocenters. The number of carbonyl (C=O) groups excluding carboxylic acids is 1. The fourth-order valence-electron chi connectivity index (χ4n) is 2.57. The fraction of sp³-hybridized carbons (Fsp3) is 0.533. The molecule has 1 amide bonds. The van der Waals surface area contributed by atoms with Crippen molar-refractivity contribution >= 4 is 5.91 Å². The number of phenolic OH excluding ortho intramolecular Hbond substituents is 1. The molecular weight excluding hydrogens is 256 g/mol. The van der Waals surface area contributed by atoms with Gasteiger partial charge in [-0.25, -0.2) is 0 Å². The maximum Gasteiger partial charge on any atom is 0.237 e. The van der Waals surface area contributed by atoms with Crippen LogP contribution in [0.5, 0.6) is 5.75 Å². The monoisotopic (exact) mass is 278 g/mol. The number of hydrogen-bond donors (Lipinski definition) is 4. The van der Waals surface area contributed by atoms with Crippen molar-refractivity contribution in [3.05, 3.63) is 29.8 Å². The first-order chi connectivity index (χ1) is 9.48. The summed E-state index contributed by atoms with van der Waals surface area (Å²) in [6, 6.07) is 5.98. The van der Waals surface area contributed by atoms with Gasteiger partial charge >= 0.3 is 0 Å². The summed E-state index contributed by atoms with van der Waals surface area (Å²) >= 11 is 0. The van der Waals surface area contributed by atoms with Gasteiger partial charge in [-0.15, -0.1) is 0 Å². The van der Waals surface area contributed by atoms with Crippen LogP contribution < -0.4 is 11.1 Å². The highest BCUT2D eigenvalue weighted by Gasteiger charge is 2.31. The lowest BCUT2D eigenvalue weighted by molar-refractivity contribution is -0.123. The lowest BCUT2D eigenvalue weighted by Gasteiger charge is -2.23. The summed E-state index contributed by atoms with van der Waals surface area (Å²) in [5.41, 5.74) is 6.00. The van der Waals surface area contributed by atoms with E-state index in [1.807, 2.05) is 0 Å². The van der Waals surface area contributed by atoms with Crippen molar-refractivity contribution in [2.45, 2.75) is 43.7 Å². The highest BCUT2D eigenvalue weighted by molar-refractivity contribution is 5.81. The number of benzene rings is 1. The molecule has 0 aliphatic heterocycles. The highest BCUT2D eigenvalue weighted by atomic mass is 16.3. The van der Waals surface area contributed by atoms with Crippen molar-refractivity contribution in [1.82, 2.24) is 5.32 Å². The van der Waals surface area contributed by atoms with E-state index in [2.05, 4.69) is 5.32 Å². The molecule has 2 rings (SSSR count). The Morgan fingerprint density at radius 1 is 1.30 bits per heavy atom. The van der Waals surface area contributed by atoms with E-state index in [1.165, 1.54) is 0 Å². The predicted molar refractivity (Wildman–Crippen MR) is 76.2 cm³/mol. The van der Waals surface area contributed by atoms with Gasteiger partial charge in [0.2, 0.25) is 5.91 Å². The van der Waals surface area contributed by atoms with E-state index in [-0.39, 0.29) is 18.2 Å². The van der Waals surface area contributed by atoms with Crippen LogP contribution in [0.25, 0.3) is 0 Å². The molecular formula is C15H22N2O3. The number of phenols is 1. The van der Waals surface area contributed by atoms with Crippen LogP contribution in [-0.2, 0) is 11.2 Å². The largest absolute Gasteiger partial charge is 0.508 e. The smallest absolute Gasteiger partial charge is 0.237 e. The summed E-state index contributed by atoms with van der Waals surface area (Å²) in [7, 11) is 0. The van der Waals surface area contributed by atoms with Crippen LogP contribution in [-0.4, -0.2) is 34.3 Å². The molecule has 1 atom stereocenters. The second kappa shape index (κ2) is 6.24. The first-order valence-corrected chi connectivity index (χ1v) is 7.02. The minimum Gasteiger partial charge on any atom is -0.508 e. The number of aromatic hydroxyl groups is 1. The highest BCUT2D eigenvalue weighted by Crippen LogP contribution is 2.28. The second-order valence-corrected chi connectivity index (χ2v) is 5.63. The quantitative estimate of drug-likeness (QED) is 0.637. The Hall–Kier alpha value is -1.59. The Balaban J connectivity index is 1.81. The summed E-state index contributed by atoms with van der Waals surface area (Å²) in [5.74, 6) is -0.0615. The van der Waals surface area contributed by atoms with Gasteiger partial charge < -0.3 is 21.3 Å². The van der Waals surface area contributed by atoms with Crippen LogP contribution in [0.2, 0.25) is 0 Å². The van der Waals surface area contributed by atoms with Gasteiger partial charge in [0.25, 0.3) is 0 Å². The summed E-state index contributed by atoms with van der Waals surface area (Å²) < 4.78 is 0. The zero-order valence-electron chi connectivity index (χ0n) is 11.5. The Morgan fingerprint density at radius 2 is 1.90 bits per heavy atom. The normalized spacial score (nSPS) is 18.7. The van der Waals surface area contributed by atoms with E-state index >= 15 is 0 Å². The van der Waals surface area contributed by atoms with Gasteiger partial charge in [-0.2, -0.15) is 0 Å². The Labute approximate surface area is 118 Å². The van der Waals surface area contributed by atoms with Crippen molar-refractivity contribution in [2.75, 3.05) is 6.54 Å². The molecule has 0 bridgehead atoms. The minimum atomic E-state index is -0.756. The molecule has 5 N–H and O–H groups in total. The molecule has 1 fully saturated rings. The number of aliphatic hydroxyl groups is 1. The predicted octanol–water partition coefficient (Wildman–Crippen LogP) is 0.683. The third-order valence-corrected chi connectivity index (χ3v) is 3.85. The van der Waals surface area contributed by atoms with Crippen molar-refractivity contribution in [3.8, 4) is 5.75 Å². The number of rotatable bonds is 5. The third-order valence-electron chi connectivity index (χ3n) is 3.85. The molecule has 1 aliphatic carbocycles. The van der Waals surface area contributed by atoms with Crippen molar-refractivity contribution in [1.29, 1.82) is 0 Å². The molecule has 1 aromatic rings. The number of nitrogens with two attached hydrogens (primary N) is 1. The van der Waals surface area contributed by atoms with E-state index in [4.69, 9.17) is 5.73 Å². The van der Waals surface area contributed by atoms with E-state index in [0.29, 0.717) is 6.42 Å². The number of nitrogens with one attached hydrogen (secondary N) is 1. The van der Waals surface area contributed by atoms with Gasteiger partial charge in [0.1, 0.15) is 5.75 Å². The molecule has 0 radical (unpaired) electrons. The van der Waals surface area contributed by atoms with E-state index in [9.17, 15) is 15.0 Å². The topological polar surface area (TPSA) is 95.6 Å². The lowest BCUT2D eigenvalue weighted by Crippen LogP contribution is -2.48. The number of amides is 1. The van der Waals surface area contributed by atoms with E-state index < -0.39 is 11.6 Å². The first-order valence-electron chi connectivity index (χ1n) is 7.02. The zero-order valence-corrected chi connectivity index (χ0v) is 11.5. The van der Waals surface area contributed by atoms with E-state index in [0.717, 1.165) is 31.2 Å². The molecule has 0 aromatic heterocycles. The lowest BCUT2D eigenvalue weighted by atomic mass is 10.0. The molecule has 0 heterocycles. The van der Waals surface area contributed by atoms with Crippen molar-refractivity contribution < 1.29 is 15.0 Å². The van der Waals surface area contributed by atoms with Gasteiger partial charge in [-0.1, -0.05) is 25.0 Å². The van der Waals surface area contributed by atoms with Gasteiger partial charge in [0.05, 0.1) is 11.6 Å². The Bertz CT molecular complexity index is 453. The zero-order chi connectivity index (χ0) is 14.6. The second-order valence-electron chi connectivity index (χ2n) is 5.63. The molecule has 1 aliphatic rings. The van der Waals surface area contributed by atoms with Gasteiger partial charge in [-0.3, -0.25) is 4.79 Å². The number of hydrogen-bond acceptors (Lipinski definition) is 4. The molecule has 1 saturated carbocycles. The summed E-state index contributed by atoms with van der Waals surface area (Å²) in [5, 5.41) is 22.1. The van der Waals surface area contributed by atoms with Gasteiger partial charge in [0.15, 0.2) is 0 Å². The molecule has 5 heteroatoms. The van der Waals surface area contributed by atoms with Crippen LogP contribution in [0, 0.1) is 0 Å². The van der Waals surface area contributed by atoms with Gasteiger partial charge in [-0.05, 0) is 37.0 Å². The van der Waals surface area contributed by atoms with Crippen LogP contribution in [0.1, 0.15) is 31.2 Å². The fourth-order valence-corrected chi connectivity index (χ4v) is 2.57. The standard InChI is InChI=1S/C15H22N2O3/c16-13(9-11-3-5-12(18)6-4-11)14(19)17-10-15(20)7-1-2-8-15/h3-6,13,18,20H,1-2,7-10,16H2,(H,17,19)/t13-/m0/s1. The van der Waals surface area contributed by atoms with Gasteiger partial charge in [0, 0.05) is 6.54 Å². The summed E-state index contributed by atoms with van der Waals surface area (Å²) in [4.78, 5) is 11.9. The molecule has 1 aromatic carbocycles. The first kappa shape index (κ1) is 14.8. The van der Waals surface area contributed by atoms with Crippen molar-refractivity contribution in [2.24, 2.45) is 5.73 Å². The minimum absolute atomic E-state index is 0.190. The van der Waals surface area contributed by atoms with Crippen molar-refractivity contribution in [3.63, 3.8) is 0 Å². The van der Waals surface area contributed by atoms with Crippen LogP contribution in [0.4, 0.5) is 0 Å². The molecule has 5 nitrogen and oxygen atoms in total. The van der Waals surface area contributed by atoms with Crippen LogP contribution in [0.15, 0.2) is 24.3 Å². The maximum absolute atomic E-state index is 11.9.